The highest BCUT2D eigenvalue weighted by Gasteiger charge is 2.21. The molecule has 1 aliphatic rings. The maximum Gasteiger partial charge on any atom is 0.229 e. The number of hydrogen-bond donors (Lipinski definition) is 3. The summed E-state index contributed by atoms with van der Waals surface area (Å²) in [6, 6.07) is 13.7. The normalized spacial score (nSPS) is 14.5. The van der Waals surface area contributed by atoms with E-state index in [1.54, 1.807) is 31.5 Å². The Bertz CT molecular complexity index is 1450. The van der Waals surface area contributed by atoms with Crippen molar-refractivity contribution in [2.75, 3.05) is 73.4 Å². The number of nitrogens with zero attached hydrogens (tertiary/aromatic N) is 5. The van der Waals surface area contributed by atoms with Crippen LogP contribution in [0.5, 0.6) is 5.75 Å². The average molecular weight is 593 g/mol. The Balaban J connectivity index is 1.46. The van der Waals surface area contributed by atoms with E-state index < -0.39 is 10.0 Å². The minimum Gasteiger partial charge on any atom is -0.494 e. The van der Waals surface area contributed by atoms with Gasteiger partial charge in [0.15, 0.2) is 7.98 Å². The monoisotopic (exact) mass is 592 g/mol. The molecule has 0 aliphatic carbocycles. The van der Waals surface area contributed by atoms with Crippen molar-refractivity contribution in [3.8, 4) is 5.75 Å². The third-order valence-electron chi connectivity index (χ3n) is 7.47. The van der Waals surface area contributed by atoms with E-state index in [0.717, 1.165) is 68.8 Å². The number of aromatic nitrogens is 2. The van der Waals surface area contributed by atoms with Gasteiger partial charge in [-0.05, 0) is 71.1 Å². The molecule has 0 amide bonds. The average Bonchev–Trinajstić information content (AvgIpc) is 2.96. The lowest BCUT2D eigenvalue weighted by Crippen LogP contribution is -2.45. The first kappa shape index (κ1) is 31.4. The summed E-state index contributed by atoms with van der Waals surface area (Å²) in [6.45, 7) is 8.65. The minimum absolute atomic E-state index is 0.375. The van der Waals surface area contributed by atoms with Gasteiger partial charge in [-0.1, -0.05) is 12.1 Å². The Kier molecular flexibility index (Phi) is 10.5. The highest BCUT2D eigenvalue weighted by Crippen LogP contribution is 2.33. The van der Waals surface area contributed by atoms with E-state index in [1.165, 1.54) is 0 Å². The standard InChI is InChI=1S/C29H41BN8O3S/c1-6-37(18-17-36(3)22-13-15-38(30)16-14-22)23-11-12-26(27(19-23)41-4)33-29-31-20-21(2)28(34-29)32-24-9-7-8-10-25(24)35-42(5,39)40/h7-12,19-20,22,35H,6,13-18H2,1-5H3,(H2,31,32,33,34). The molecule has 1 fully saturated rings. The highest BCUT2D eigenvalue weighted by molar-refractivity contribution is 7.92. The lowest BCUT2D eigenvalue weighted by atomic mass is 10.0. The summed E-state index contributed by atoms with van der Waals surface area (Å²) in [5.74, 6) is 1.60. The molecule has 11 nitrogen and oxygen atoms in total. The Labute approximate surface area is 251 Å². The summed E-state index contributed by atoms with van der Waals surface area (Å²) in [6.07, 6.45) is 5.01. The molecule has 2 radical (unpaired) electrons. The van der Waals surface area contributed by atoms with Gasteiger partial charge in [0.25, 0.3) is 0 Å². The number of ether oxygens (including phenoxy) is 1. The maximum absolute atomic E-state index is 11.8. The largest absolute Gasteiger partial charge is 0.494 e. The summed E-state index contributed by atoms with van der Waals surface area (Å²) in [5.41, 5.74) is 3.61. The van der Waals surface area contributed by atoms with E-state index in [4.69, 9.17) is 12.7 Å². The Morgan fingerprint density at radius 3 is 2.45 bits per heavy atom. The zero-order chi connectivity index (χ0) is 30.3. The summed E-state index contributed by atoms with van der Waals surface area (Å²) < 4.78 is 31.9. The number of likely N-dealkylation sites (N-methyl/N-ethyl adjacent to an activating group) is 2. The SMILES string of the molecule is [B]N1CCC(N(C)CCN(CC)c2ccc(Nc3ncc(C)c(Nc4ccccc4NS(C)(=O)=O)n3)c(OC)c2)CC1. The molecule has 2 aromatic carbocycles. The van der Waals surface area contributed by atoms with Crippen LogP contribution in [0.4, 0.5) is 34.5 Å². The second kappa shape index (κ2) is 14.1. The fourth-order valence-electron chi connectivity index (χ4n) is 4.99. The van der Waals surface area contributed by atoms with Gasteiger partial charge in [0.2, 0.25) is 16.0 Å². The molecular weight excluding hydrogens is 551 g/mol. The zero-order valence-electron chi connectivity index (χ0n) is 25.1. The molecule has 1 aliphatic heterocycles. The number of hydrogen-bond acceptors (Lipinski definition) is 10. The van der Waals surface area contributed by atoms with Crippen LogP contribution < -0.4 is 25.0 Å². The van der Waals surface area contributed by atoms with Gasteiger partial charge >= 0.3 is 0 Å². The second-order valence-corrected chi connectivity index (χ2v) is 12.4. The van der Waals surface area contributed by atoms with Gasteiger partial charge in [-0.15, -0.1) is 0 Å². The van der Waals surface area contributed by atoms with Crippen LogP contribution in [0.1, 0.15) is 25.3 Å². The molecule has 0 bridgehead atoms. The fraction of sp³-hybridized carbons (Fsp3) is 0.448. The molecule has 3 aromatic rings. The number of aryl methyl sites for hydroxylation is 1. The number of anilines is 6. The van der Waals surface area contributed by atoms with E-state index in [9.17, 15) is 8.42 Å². The van der Waals surface area contributed by atoms with Gasteiger partial charge in [0.05, 0.1) is 30.4 Å². The van der Waals surface area contributed by atoms with Crippen LogP contribution in [0.2, 0.25) is 0 Å². The zero-order valence-corrected chi connectivity index (χ0v) is 25.9. The Morgan fingerprint density at radius 2 is 1.79 bits per heavy atom. The van der Waals surface area contributed by atoms with Crippen molar-refractivity contribution in [1.82, 2.24) is 19.7 Å². The molecule has 42 heavy (non-hydrogen) atoms. The first-order valence-corrected chi connectivity index (χ1v) is 16.0. The van der Waals surface area contributed by atoms with Crippen molar-refractivity contribution in [2.45, 2.75) is 32.7 Å². The summed E-state index contributed by atoms with van der Waals surface area (Å²) >= 11 is 0. The Hall–Kier alpha value is -3.55. The van der Waals surface area contributed by atoms with Crippen LogP contribution >= 0.6 is 0 Å². The molecule has 0 saturated carbocycles. The van der Waals surface area contributed by atoms with Gasteiger partial charge in [-0.3, -0.25) is 4.72 Å². The summed E-state index contributed by atoms with van der Waals surface area (Å²) in [7, 11) is 6.33. The van der Waals surface area contributed by atoms with Gasteiger partial charge < -0.3 is 30.0 Å². The molecule has 1 saturated heterocycles. The first-order chi connectivity index (χ1) is 20.1. The number of nitrogens with one attached hydrogen (secondary N) is 3. The van der Waals surface area contributed by atoms with Crippen molar-refractivity contribution in [3.05, 3.63) is 54.2 Å². The maximum atomic E-state index is 11.8. The summed E-state index contributed by atoms with van der Waals surface area (Å²) in [5, 5.41) is 6.50. The molecule has 4 rings (SSSR count). The van der Waals surface area contributed by atoms with E-state index in [2.05, 4.69) is 55.2 Å². The number of sulfonamides is 1. The smallest absolute Gasteiger partial charge is 0.229 e. The van der Waals surface area contributed by atoms with Crippen LogP contribution in [0.15, 0.2) is 48.7 Å². The van der Waals surface area contributed by atoms with Crippen LogP contribution in [-0.4, -0.2) is 95.3 Å². The molecule has 13 heteroatoms. The Morgan fingerprint density at radius 1 is 1.07 bits per heavy atom. The quantitative estimate of drug-likeness (QED) is 0.252. The van der Waals surface area contributed by atoms with Crippen LogP contribution in [0.3, 0.4) is 0 Å². The molecule has 0 spiro atoms. The number of rotatable bonds is 13. The molecule has 3 N–H and O–H groups in total. The van der Waals surface area contributed by atoms with Crippen LogP contribution in [-0.2, 0) is 10.0 Å². The summed E-state index contributed by atoms with van der Waals surface area (Å²) in [4.78, 5) is 15.8. The lowest BCUT2D eigenvalue weighted by Gasteiger charge is -2.36. The fourth-order valence-corrected chi connectivity index (χ4v) is 5.57. The van der Waals surface area contributed by atoms with Gasteiger partial charge in [-0.2, -0.15) is 4.98 Å². The van der Waals surface area contributed by atoms with Crippen molar-refractivity contribution in [2.24, 2.45) is 0 Å². The predicted molar refractivity (Wildman–Crippen MR) is 172 cm³/mol. The molecule has 1 aromatic heterocycles. The van der Waals surface area contributed by atoms with Gasteiger partial charge in [0, 0.05) is 49.2 Å². The van der Waals surface area contributed by atoms with Crippen LogP contribution in [0.25, 0.3) is 0 Å². The second-order valence-electron chi connectivity index (χ2n) is 10.6. The molecule has 224 valence electrons. The topological polar surface area (TPSA) is 115 Å². The van der Waals surface area contributed by atoms with E-state index in [-0.39, 0.29) is 0 Å². The first-order valence-electron chi connectivity index (χ1n) is 14.1. The third kappa shape index (κ3) is 8.49. The molecule has 0 unspecified atom stereocenters. The lowest BCUT2D eigenvalue weighted by molar-refractivity contribution is 0.173. The van der Waals surface area contributed by atoms with Crippen molar-refractivity contribution >= 4 is 52.5 Å². The molecule has 2 heterocycles. The van der Waals surface area contributed by atoms with Crippen molar-refractivity contribution < 1.29 is 13.2 Å². The van der Waals surface area contributed by atoms with E-state index in [1.807, 2.05) is 29.9 Å². The number of benzene rings is 2. The number of piperidine rings is 1. The molecule has 0 atom stereocenters. The third-order valence-corrected chi connectivity index (χ3v) is 8.06. The van der Waals surface area contributed by atoms with Gasteiger partial charge in [-0.25, -0.2) is 13.4 Å². The molecular formula is C29H41BN8O3S. The van der Waals surface area contributed by atoms with Crippen molar-refractivity contribution in [3.63, 3.8) is 0 Å². The van der Waals surface area contributed by atoms with E-state index >= 15 is 0 Å². The number of para-hydroxylation sites is 2. The number of methoxy groups -OCH3 is 1. The minimum atomic E-state index is -3.45. The van der Waals surface area contributed by atoms with E-state index in [0.29, 0.717) is 34.9 Å². The van der Waals surface area contributed by atoms with Crippen molar-refractivity contribution in [1.29, 1.82) is 0 Å². The van der Waals surface area contributed by atoms with Gasteiger partial charge in [0.1, 0.15) is 11.6 Å². The highest BCUT2D eigenvalue weighted by atomic mass is 32.2. The predicted octanol–water partition coefficient (Wildman–Crippen LogP) is 3.96. The van der Waals surface area contributed by atoms with Crippen LogP contribution in [0, 0.1) is 6.92 Å².